The van der Waals surface area contributed by atoms with Gasteiger partial charge >= 0.3 is 0 Å². The van der Waals surface area contributed by atoms with Crippen molar-refractivity contribution < 1.29 is 19.5 Å². The Morgan fingerprint density at radius 1 is 1.11 bits per heavy atom. The molecule has 2 aliphatic rings. The molecule has 0 saturated carbocycles. The number of rotatable bonds is 13. The van der Waals surface area contributed by atoms with E-state index in [0.29, 0.717) is 42.1 Å². The van der Waals surface area contributed by atoms with Gasteiger partial charge in [0.2, 0.25) is 0 Å². The van der Waals surface area contributed by atoms with Crippen LogP contribution < -0.4 is 0 Å². The second-order valence-corrected chi connectivity index (χ2v) is 10.6. The Balaban J connectivity index is 1.31. The topological polar surface area (TPSA) is 59.0 Å². The van der Waals surface area contributed by atoms with Crippen molar-refractivity contribution in [2.24, 2.45) is 17.3 Å². The molecule has 4 atom stereocenters. The second-order valence-electron chi connectivity index (χ2n) is 10.6. The average Bonchev–Trinajstić information content (AvgIpc) is 3.45. The highest BCUT2D eigenvalue weighted by Crippen LogP contribution is 2.46. The van der Waals surface area contributed by atoms with E-state index in [-0.39, 0.29) is 5.91 Å². The molecular formula is C30H43NO4. The third kappa shape index (κ3) is 8.49. The largest absolute Gasteiger partial charge is 0.380 e. The summed E-state index contributed by atoms with van der Waals surface area (Å²) in [6.07, 6.45) is 13.9. The lowest BCUT2D eigenvalue weighted by atomic mass is 9.76. The molecule has 2 aliphatic heterocycles. The SMILES string of the molecule is CN(O)C(=O)C(C)(C)CCC=CC[C@H]1[C@@H](CCOCCC#CCCc2ccccc2)[C@H]2CC[C@@H]1O2. The molecule has 5 heteroatoms. The molecule has 5 nitrogen and oxygen atoms in total. The van der Waals surface area contributed by atoms with Crippen LogP contribution in [0.2, 0.25) is 0 Å². The smallest absolute Gasteiger partial charge is 0.251 e. The van der Waals surface area contributed by atoms with E-state index in [1.807, 2.05) is 19.9 Å². The van der Waals surface area contributed by atoms with Gasteiger partial charge in [-0.1, -0.05) is 56.3 Å². The van der Waals surface area contributed by atoms with Crippen LogP contribution in [0.3, 0.4) is 0 Å². The summed E-state index contributed by atoms with van der Waals surface area (Å²) in [7, 11) is 1.39. The minimum absolute atomic E-state index is 0.245. The Bertz CT molecular complexity index is 867. The third-order valence-corrected chi connectivity index (χ3v) is 7.45. The van der Waals surface area contributed by atoms with E-state index >= 15 is 0 Å². The van der Waals surface area contributed by atoms with Gasteiger partial charge in [0.05, 0.1) is 18.8 Å². The van der Waals surface area contributed by atoms with Crippen LogP contribution in [0.1, 0.15) is 70.8 Å². The predicted molar refractivity (Wildman–Crippen MR) is 139 cm³/mol. The number of fused-ring (bicyclic) bond motifs is 2. The van der Waals surface area contributed by atoms with Crippen molar-refractivity contribution in [2.45, 2.75) is 83.8 Å². The molecule has 2 heterocycles. The zero-order valence-electron chi connectivity index (χ0n) is 21.7. The van der Waals surface area contributed by atoms with Gasteiger partial charge in [-0.2, -0.15) is 0 Å². The van der Waals surface area contributed by atoms with Crippen molar-refractivity contribution in [2.75, 3.05) is 20.3 Å². The molecule has 0 aliphatic carbocycles. The van der Waals surface area contributed by atoms with Crippen LogP contribution in [0.4, 0.5) is 0 Å². The van der Waals surface area contributed by atoms with Gasteiger partial charge in [0.1, 0.15) is 0 Å². The maximum Gasteiger partial charge on any atom is 0.251 e. The van der Waals surface area contributed by atoms with E-state index in [1.54, 1.807) is 0 Å². The van der Waals surface area contributed by atoms with E-state index < -0.39 is 5.41 Å². The Labute approximate surface area is 211 Å². The summed E-state index contributed by atoms with van der Waals surface area (Å²) in [5.41, 5.74) is 0.777. The highest BCUT2D eigenvalue weighted by atomic mass is 16.5. The molecule has 1 N–H and O–H groups in total. The fraction of sp³-hybridized carbons (Fsp3) is 0.633. The third-order valence-electron chi connectivity index (χ3n) is 7.45. The van der Waals surface area contributed by atoms with Crippen LogP contribution in [0.5, 0.6) is 0 Å². The average molecular weight is 482 g/mol. The van der Waals surface area contributed by atoms with E-state index in [9.17, 15) is 10.0 Å². The molecule has 2 bridgehead atoms. The molecule has 2 saturated heterocycles. The number of hydrogen-bond donors (Lipinski definition) is 1. The first kappa shape index (κ1) is 27.5. The molecule has 0 spiro atoms. The molecule has 2 fully saturated rings. The van der Waals surface area contributed by atoms with Crippen molar-refractivity contribution in [3.05, 3.63) is 48.0 Å². The van der Waals surface area contributed by atoms with Crippen LogP contribution in [-0.4, -0.2) is 48.6 Å². The van der Waals surface area contributed by atoms with Gasteiger partial charge in [0.25, 0.3) is 5.91 Å². The fourth-order valence-electron chi connectivity index (χ4n) is 5.43. The van der Waals surface area contributed by atoms with Crippen molar-refractivity contribution in [3.63, 3.8) is 0 Å². The van der Waals surface area contributed by atoms with E-state index in [1.165, 1.54) is 25.5 Å². The van der Waals surface area contributed by atoms with Crippen molar-refractivity contribution in [1.29, 1.82) is 0 Å². The van der Waals surface area contributed by atoms with Crippen molar-refractivity contribution in [1.82, 2.24) is 5.06 Å². The molecule has 1 aromatic rings. The summed E-state index contributed by atoms with van der Waals surface area (Å²) in [6.45, 7) is 5.23. The summed E-state index contributed by atoms with van der Waals surface area (Å²) in [5.74, 6) is 7.38. The Morgan fingerprint density at radius 2 is 1.83 bits per heavy atom. The van der Waals surface area contributed by atoms with Gasteiger partial charge in [0, 0.05) is 31.9 Å². The molecule has 0 unspecified atom stereocenters. The molecule has 1 aromatic carbocycles. The van der Waals surface area contributed by atoms with Gasteiger partial charge in [-0.25, -0.2) is 5.06 Å². The van der Waals surface area contributed by atoms with Crippen molar-refractivity contribution >= 4 is 5.91 Å². The molecule has 1 amide bonds. The monoisotopic (exact) mass is 481 g/mol. The number of amides is 1. The molecule has 0 radical (unpaired) electrons. The number of nitrogens with zero attached hydrogens (tertiary/aromatic N) is 1. The molecule has 3 rings (SSSR count). The number of aryl methyl sites for hydroxylation is 1. The number of benzene rings is 1. The number of allylic oxidation sites excluding steroid dienone is 2. The second kappa shape index (κ2) is 13.8. The summed E-state index contributed by atoms with van der Waals surface area (Å²) in [6, 6.07) is 10.5. The Morgan fingerprint density at radius 3 is 2.57 bits per heavy atom. The Kier molecular flexibility index (Phi) is 10.8. The first-order valence-corrected chi connectivity index (χ1v) is 13.2. The summed E-state index contributed by atoms with van der Waals surface area (Å²) in [4.78, 5) is 12.0. The lowest BCUT2D eigenvalue weighted by molar-refractivity contribution is -0.169. The quantitative estimate of drug-likeness (QED) is 0.127. The van der Waals surface area contributed by atoms with Crippen LogP contribution in [0, 0.1) is 29.1 Å². The Hall–Kier alpha value is -2.13. The van der Waals surface area contributed by atoms with Gasteiger partial charge in [0.15, 0.2) is 0 Å². The highest BCUT2D eigenvalue weighted by Gasteiger charge is 2.47. The van der Waals surface area contributed by atoms with Crippen molar-refractivity contribution in [3.8, 4) is 11.8 Å². The van der Waals surface area contributed by atoms with Crippen LogP contribution in [-0.2, 0) is 20.7 Å². The standard InChI is InChI=1S/C30H43NO4/c1-30(2,29(32)31(3)33)21-12-7-11-17-25-26(28-19-18-27(25)35-28)20-23-34-22-13-5-4-8-14-24-15-9-6-10-16-24/h6-7,9-11,15-16,25-28,33H,8,12-14,17-23H2,1-3H3/t25-,26+,27-,28+/m0/s1. The highest BCUT2D eigenvalue weighted by molar-refractivity contribution is 5.80. The first-order valence-electron chi connectivity index (χ1n) is 13.2. The lowest BCUT2D eigenvalue weighted by Crippen LogP contribution is -2.36. The number of hydrogen-bond acceptors (Lipinski definition) is 4. The number of hydroxylamine groups is 2. The van der Waals surface area contributed by atoms with Gasteiger partial charge in [-0.15, -0.1) is 11.8 Å². The molecule has 192 valence electrons. The normalized spacial score (nSPS) is 23.4. The molecular weight excluding hydrogens is 438 g/mol. The first-order chi connectivity index (χ1) is 16.9. The zero-order valence-corrected chi connectivity index (χ0v) is 21.7. The lowest BCUT2D eigenvalue weighted by Gasteiger charge is -2.27. The molecule has 0 aromatic heterocycles. The summed E-state index contributed by atoms with van der Waals surface area (Å²) >= 11 is 0. The van der Waals surface area contributed by atoms with Gasteiger partial charge in [-0.05, 0) is 62.3 Å². The fourth-order valence-corrected chi connectivity index (χ4v) is 5.43. The molecule has 35 heavy (non-hydrogen) atoms. The predicted octanol–water partition coefficient (Wildman–Crippen LogP) is 5.81. The maximum atomic E-state index is 12.0. The van der Waals surface area contributed by atoms with E-state index in [2.05, 4.69) is 48.3 Å². The van der Waals surface area contributed by atoms with E-state index in [4.69, 9.17) is 9.47 Å². The van der Waals surface area contributed by atoms with Crippen LogP contribution >= 0.6 is 0 Å². The van der Waals surface area contributed by atoms with Gasteiger partial charge < -0.3 is 9.47 Å². The number of carbonyl (C=O) groups is 1. The van der Waals surface area contributed by atoms with Gasteiger partial charge in [-0.3, -0.25) is 10.0 Å². The number of ether oxygens (including phenoxy) is 2. The van der Waals surface area contributed by atoms with Crippen LogP contribution in [0.15, 0.2) is 42.5 Å². The minimum atomic E-state index is -0.560. The summed E-state index contributed by atoms with van der Waals surface area (Å²) in [5, 5.41) is 10.1. The zero-order chi connectivity index (χ0) is 25.1. The summed E-state index contributed by atoms with van der Waals surface area (Å²) < 4.78 is 12.1. The number of carbonyl (C=O) groups excluding carboxylic acids is 1. The van der Waals surface area contributed by atoms with E-state index in [0.717, 1.165) is 45.1 Å². The van der Waals surface area contributed by atoms with Crippen LogP contribution in [0.25, 0.3) is 0 Å². The maximum absolute atomic E-state index is 12.0. The minimum Gasteiger partial charge on any atom is -0.380 e.